The van der Waals surface area contributed by atoms with E-state index in [2.05, 4.69) is 21.6 Å². The van der Waals surface area contributed by atoms with E-state index in [1.807, 2.05) is 0 Å². The third-order valence-electron chi connectivity index (χ3n) is 3.04. The third-order valence-corrected chi connectivity index (χ3v) is 3.66. The van der Waals surface area contributed by atoms with Gasteiger partial charge in [-0.05, 0) is 24.7 Å². The van der Waals surface area contributed by atoms with E-state index in [-0.39, 0.29) is 0 Å². The number of hydrogen-bond acceptors (Lipinski definition) is 4. The zero-order valence-electron chi connectivity index (χ0n) is 8.57. The summed E-state index contributed by atoms with van der Waals surface area (Å²) in [5, 5.41) is 4.32. The second kappa shape index (κ2) is 4.73. The zero-order chi connectivity index (χ0) is 9.80. The average molecular weight is 211 g/mol. The van der Waals surface area contributed by atoms with Gasteiger partial charge in [-0.3, -0.25) is 0 Å². The highest BCUT2D eigenvalue weighted by Crippen LogP contribution is 2.28. The number of hydrogen-bond donors (Lipinski definition) is 1. The molecule has 1 aromatic heterocycles. The summed E-state index contributed by atoms with van der Waals surface area (Å²) >= 11 is 1.44. The lowest BCUT2D eigenvalue weighted by Crippen LogP contribution is -2.20. The van der Waals surface area contributed by atoms with Crippen LogP contribution in [0.2, 0.25) is 0 Å². The molecule has 0 amide bonds. The predicted molar refractivity (Wildman–Crippen MR) is 59.5 cm³/mol. The van der Waals surface area contributed by atoms with Crippen LogP contribution >= 0.6 is 11.5 Å². The molecule has 0 bridgehead atoms. The Balaban J connectivity index is 1.71. The number of rotatable bonds is 3. The highest BCUT2D eigenvalue weighted by molar-refractivity contribution is 7.09. The van der Waals surface area contributed by atoms with Gasteiger partial charge in [-0.2, -0.15) is 4.37 Å². The van der Waals surface area contributed by atoms with Crippen molar-refractivity contribution >= 4 is 16.7 Å². The molecule has 0 saturated heterocycles. The Bertz CT molecular complexity index is 252. The SMILES string of the molecule is CC1CCC(CNc2ncns2)CC1. The first-order valence-corrected chi connectivity index (χ1v) is 6.12. The van der Waals surface area contributed by atoms with Crippen molar-refractivity contribution in [2.45, 2.75) is 32.6 Å². The fourth-order valence-corrected chi connectivity index (χ4v) is 2.45. The smallest absolute Gasteiger partial charge is 0.202 e. The van der Waals surface area contributed by atoms with Crippen molar-refractivity contribution in [3.63, 3.8) is 0 Å². The summed E-state index contributed by atoms with van der Waals surface area (Å²) in [6.07, 6.45) is 7.13. The van der Waals surface area contributed by atoms with E-state index in [1.165, 1.54) is 37.2 Å². The van der Waals surface area contributed by atoms with Gasteiger partial charge in [-0.15, -0.1) is 0 Å². The van der Waals surface area contributed by atoms with Crippen LogP contribution in [0.25, 0.3) is 0 Å². The molecule has 0 aromatic carbocycles. The van der Waals surface area contributed by atoms with Crippen LogP contribution < -0.4 is 5.32 Å². The van der Waals surface area contributed by atoms with E-state index in [0.29, 0.717) is 0 Å². The molecule has 1 aromatic rings. The molecule has 1 heterocycles. The van der Waals surface area contributed by atoms with Crippen molar-refractivity contribution in [3.8, 4) is 0 Å². The van der Waals surface area contributed by atoms with Gasteiger partial charge in [0, 0.05) is 18.1 Å². The van der Waals surface area contributed by atoms with Crippen LogP contribution in [0.4, 0.5) is 5.13 Å². The van der Waals surface area contributed by atoms with Crippen LogP contribution in [0.1, 0.15) is 32.6 Å². The minimum atomic E-state index is 0.843. The van der Waals surface area contributed by atoms with E-state index in [0.717, 1.165) is 23.5 Å². The normalized spacial score (nSPS) is 27.5. The summed E-state index contributed by atoms with van der Waals surface area (Å²) in [5.74, 6) is 1.78. The van der Waals surface area contributed by atoms with Crippen molar-refractivity contribution in [2.24, 2.45) is 11.8 Å². The molecule has 4 heteroatoms. The maximum absolute atomic E-state index is 4.11. The van der Waals surface area contributed by atoms with Gasteiger partial charge in [0.2, 0.25) is 5.13 Å². The lowest BCUT2D eigenvalue weighted by molar-refractivity contribution is 0.300. The van der Waals surface area contributed by atoms with Crippen LogP contribution in [0.5, 0.6) is 0 Å². The number of anilines is 1. The lowest BCUT2D eigenvalue weighted by atomic mass is 9.83. The van der Waals surface area contributed by atoms with Crippen LogP contribution in [-0.2, 0) is 0 Å². The minimum absolute atomic E-state index is 0.843. The molecule has 14 heavy (non-hydrogen) atoms. The zero-order valence-corrected chi connectivity index (χ0v) is 9.39. The van der Waals surface area contributed by atoms with Gasteiger partial charge in [0.05, 0.1) is 0 Å². The first kappa shape index (κ1) is 9.90. The average Bonchev–Trinajstić information content (AvgIpc) is 2.70. The maximum atomic E-state index is 4.11. The summed E-state index contributed by atoms with van der Waals surface area (Å²) in [7, 11) is 0. The van der Waals surface area contributed by atoms with Gasteiger partial charge in [-0.1, -0.05) is 19.8 Å². The number of nitrogens with zero attached hydrogens (tertiary/aromatic N) is 2. The van der Waals surface area contributed by atoms with Crippen molar-refractivity contribution in [1.82, 2.24) is 9.36 Å². The fraction of sp³-hybridized carbons (Fsp3) is 0.800. The van der Waals surface area contributed by atoms with Crippen molar-refractivity contribution in [2.75, 3.05) is 11.9 Å². The summed E-state index contributed by atoms with van der Waals surface area (Å²) in [6, 6.07) is 0. The molecule has 0 aliphatic heterocycles. The predicted octanol–water partition coefficient (Wildman–Crippen LogP) is 2.78. The third kappa shape index (κ3) is 2.67. The number of nitrogens with one attached hydrogen (secondary N) is 1. The molecular formula is C10H17N3S. The Morgan fingerprint density at radius 1 is 1.43 bits per heavy atom. The second-order valence-electron chi connectivity index (χ2n) is 4.25. The van der Waals surface area contributed by atoms with E-state index in [9.17, 15) is 0 Å². The molecule has 1 aliphatic carbocycles. The molecule has 1 aliphatic rings. The Hall–Kier alpha value is -0.640. The molecule has 2 rings (SSSR count). The lowest BCUT2D eigenvalue weighted by Gasteiger charge is -2.25. The highest BCUT2D eigenvalue weighted by Gasteiger charge is 2.17. The molecule has 0 unspecified atom stereocenters. The van der Waals surface area contributed by atoms with Gasteiger partial charge >= 0.3 is 0 Å². The molecule has 1 N–H and O–H groups in total. The first-order valence-electron chi connectivity index (χ1n) is 5.35. The Morgan fingerprint density at radius 3 is 2.86 bits per heavy atom. The maximum Gasteiger partial charge on any atom is 0.202 e. The molecular weight excluding hydrogens is 194 g/mol. The molecule has 1 fully saturated rings. The summed E-state index contributed by atoms with van der Waals surface area (Å²) in [6.45, 7) is 3.43. The molecule has 78 valence electrons. The monoisotopic (exact) mass is 211 g/mol. The van der Waals surface area contributed by atoms with Crippen LogP contribution in [0.3, 0.4) is 0 Å². The topological polar surface area (TPSA) is 37.8 Å². The van der Waals surface area contributed by atoms with Crippen molar-refractivity contribution in [1.29, 1.82) is 0 Å². The van der Waals surface area contributed by atoms with Crippen LogP contribution in [-0.4, -0.2) is 15.9 Å². The minimum Gasteiger partial charge on any atom is -0.360 e. The standard InChI is InChI=1S/C10H17N3S/c1-8-2-4-9(5-3-8)6-11-10-12-7-13-14-10/h7-9H,2-6H2,1H3,(H,11,12,13). The molecule has 3 nitrogen and oxygen atoms in total. The fourth-order valence-electron chi connectivity index (χ4n) is 2.02. The molecule has 0 radical (unpaired) electrons. The molecule has 0 spiro atoms. The van der Waals surface area contributed by atoms with Gasteiger partial charge in [-0.25, -0.2) is 4.98 Å². The van der Waals surface area contributed by atoms with Gasteiger partial charge in [0.15, 0.2) is 0 Å². The van der Waals surface area contributed by atoms with Crippen LogP contribution in [0, 0.1) is 11.8 Å². The van der Waals surface area contributed by atoms with E-state index in [4.69, 9.17) is 0 Å². The summed E-state index contributed by atoms with van der Waals surface area (Å²) in [4.78, 5) is 4.11. The van der Waals surface area contributed by atoms with E-state index >= 15 is 0 Å². The highest BCUT2D eigenvalue weighted by atomic mass is 32.1. The second-order valence-corrected chi connectivity index (χ2v) is 5.03. The largest absolute Gasteiger partial charge is 0.360 e. The molecule has 0 atom stereocenters. The van der Waals surface area contributed by atoms with Gasteiger partial charge in [0.1, 0.15) is 6.33 Å². The van der Waals surface area contributed by atoms with Crippen molar-refractivity contribution in [3.05, 3.63) is 6.33 Å². The Labute approximate surface area is 89.1 Å². The first-order chi connectivity index (χ1) is 6.84. The number of aromatic nitrogens is 2. The summed E-state index contributed by atoms with van der Waals surface area (Å²) in [5.41, 5.74) is 0. The van der Waals surface area contributed by atoms with Gasteiger partial charge < -0.3 is 5.32 Å². The quantitative estimate of drug-likeness (QED) is 0.835. The Kier molecular flexibility index (Phi) is 3.35. The van der Waals surface area contributed by atoms with Crippen molar-refractivity contribution < 1.29 is 0 Å². The van der Waals surface area contributed by atoms with E-state index in [1.54, 1.807) is 6.33 Å². The molecule has 1 saturated carbocycles. The summed E-state index contributed by atoms with van der Waals surface area (Å²) < 4.78 is 3.97. The van der Waals surface area contributed by atoms with Gasteiger partial charge in [0.25, 0.3) is 0 Å². The van der Waals surface area contributed by atoms with E-state index < -0.39 is 0 Å². The Morgan fingerprint density at radius 2 is 2.21 bits per heavy atom. The van der Waals surface area contributed by atoms with Crippen LogP contribution in [0.15, 0.2) is 6.33 Å².